The van der Waals surface area contributed by atoms with Crippen molar-refractivity contribution >= 4 is 23.2 Å². The van der Waals surface area contributed by atoms with E-state index in [9.17, 15) is 9.59 Å². The van der Waals surface area contributed by atoms with Gasteiger partial charge in [0.05, 0.1) is 11.4 Å². The Bertz CT molecular complexity index is 511. The predicted octanol–water partition coefficient (Wildman–Crippen LogP) is 1.08. The van der Waals surface area contributed by atoms with E-state index in [0.29, 0.717) is 26.2 Å². The van der Waals surface area contributed by atoms with Crippen molar-refractivity contribution in [3.63, 3.8) is 0 Å². The van der Waals surface area contributed by atoms with Gasteiger partial charge in [0.15, 0.2) is 0 Å². The average Bonchev–Trinajstić information content (AvgIpc) is 2.98. The molecule has 3 rings (SSSR count). The summed E-state index contributed by atoms with van der Waals surface area (Å²) in [6.07, 6.45) is 3.43. The second kappa shape index (κ2) is 5.54. The quantitative estimate of drug-likeness (QED) is 0.906. The molecule has 2 heterocycles. The van der Waals surface area contributed by atoms with Gasteiger partial charge in [-0.3, -0.25) is 14.5 Å². The Kier molecular flexibility index (Phi) is 3.76. The van der Waals surface area contributed by atoms with Crippen LogP contribution in [-0.2, 0) is 17.6 Å². The van der Waals surface area contributed by atoms with Crippen LogP contribution in [0.2, 0.25) is 0 Å². The number of carboxylic acids is 1. The minimum Gasteiger partial charge on any atom is -0.480 e. The van der Waals surface area contributed by atoms with Crippen LogP contribution in [0.1, 0.15) is 26.5 Å². The first-order valence-corrected chi connectivity index (χ1v) is 7.80. The van der Waals surface area contributed by atoms with Gasteiger partial charge < -0.3 is 10.0 Å². The van der Waals surface area contributed by atoms with Crippen LogP contribution >= 0.6 is 11.3 Å². The molecule has 1 aromatic heterocycles. The van der Waals surface area contributed by atoms with E-state index in [1.54, 1.807) is 11.3 Å². The van der Waals surface area contributed by atoms with Crippen LogP contribution in [0, 0.1) is 0 Å². The number of carbonyl (C=O) groups is 2. The van der Waals surface area contributed by atoms with Gasteiger partial charge in [-0.25, -0.2) is 0 Å². The lowest BCUT2D eigenvalue weighted by atomic mass is 10.2. The number of rotatable bonds is 3. The lowest BCUT2D eigenvalue weighted by molar-refractivity contribution is -0.138. The van der Waals surface area contributed by atoms with E-state index in [4.69, 9.17) is 5.11 Å². The van der Waals surface area contributed by atoms with E-state index in [0.717, 1.165) is 17.7 Å². The Morgan fingerprint density at radius 2 is 1.95 bits per heavy atom. The first kappa shape index (κ1) is 13.6. The van der Waals surface area contributed by atoms with Crippen molar-refractivity contribution in [2.45, 2.75) is 19.3 Å². The maximum atomic E-state index is 12.4. The van der Waals surface area contributed by atoms with Crippen LogP contribution < -0.4 is 0 Å². The third-order valence-corrected chi connectivity index (χ3v) is 5.20. The summed E-state index contributed by atoms with van der Waals surface area (Å²) in [6, 6.07) is 2.05. The third-order valence-electron chi connectivity index (χ3n) is 3.98. The number of aryl methyl sites for hydroxylation is 2. The Balaban J connectivity index is 1.60. The molecule has 0 atom stereocenters. The molecule has 1 aliphatic heterocycles. The van der Waals surface area contributed by atoms with Crippen molar-refractivity contribution in [2.24, 2.45) is 0 Å². The molecule has 20 heavy (non-hydrogen) atoms. The molecule has 1 amide bonds. The number of piperazine rings is 1. The van der Waals surface area contributed by atoms with Gasteiger partial charge in [0, 0.05) is 31.1 Å². The molecule has 1 saturated heterocycles. The maximum absolute atomic E-state index is 12.4. The van der Waals surface area contributed by atoms with Gasteiger partial charge in [-0.2, -0.15) is 0 Å². The van der Waals surface area contributed by atoms with E-state index >= 15 is 0 Å². The Morgan fingerprint density at radius 1 is 1.20 bits per heavy atom. The van der Waals surface area contributed by atoms with Crippen molar-refractivity contribution in [1.82, 2.24) is 9.80 Å². The summed E-state index contributed by atoms with van der Waals surface area (Å²) < 4.78 is 0. The number of carboxylic acid groups (broad SMARTS) is 1. The molecule has 0 bridgehead atoms. The maximum Gasteiger partial charge on any atom is 0.317 e. The fraction of sp³-hybridized carbons (Fsp3) is 0.571. The number of nitrogens with zero attached hydrogens (tertiary/aromatic N) is 2. The third kappa shape index (κ3) is 2.71. The highest BCUT2D eigenvalue weighted by Crippen LogP contribution is 2.31. The van der Waals surface area contributed by atoms with Crippen LogP contribution in [0.25, 0.3) is 0 Å². The average molecular weight is 294 g/mol. The van der Waals surface area contributed by atoms with Crippen molar-refractivity contribution in [1.29, 1.82) is 0 Å². The molecular formula is C14H18N2O3S. The summed E-state index contributed by atoms with van der Waals surface area (Å²) >= 11 is 1.64. The first-order valence-electron chi connectivity index (χ1n) is 6.98. The molecule has 1 aliphatic carbocycles. The highest BCUT2D eigenvalue weighted by atomic mass is 32.1. The van der Waals surface area contributed by atoms with E-state index in [1.807, 2.05) is 9.80 Å². The topological polar surface area (TPSA) is 60.9 Å². The SMILES string of the molecule is O=C(O)CN1CCN(C(=O)c2cc3c(s2)CCC3)CC1. The lowest BCUT2D eigenvalue weighted by Gasteiger charge is -2.33. The number of hydrogen-bond acceptors (Lipinski definition) is 4. The van der Waals surface area contributed by atoms with Crippen LogP contribution in [0.5, 0.6) is 0 Å². The van der Waals surface area contributed by atoms with Crippen molar-refractivity contribution in [3.8, 4) is 0 Å². The Morgan fingerprint density at radius 3 is 2.60 bits per heavy atom. The largest absolute Gasteiger partial charge is 0.480 e. The van der Waals surface area contributed by atoms with Gasteiger partial charge in [-0.15, -0.1) is 11.3 Å². The smallest absolute Gasteiger partial charge is 0.317 e. The van der Waals surface area contributed by atoms with Gasteiger partial charge in [0.25, 0.3) is 5.91 Å². The summed E-state index contributed by atoms with van der Waals surface area (Å²) in [5, 5.41) is 8.77. The molecule has 1 N–H and O–H groups in total. The number of aliphatic carboxylic acids is 1. The second-order valence-electron chi connectivity index (χ2n) is 5.37. The molecule has 0 radical (unpaired) electrons. The molecule has 108 valence electrons. The van der Waals surface area contributed by atoms with Crippen LogP contribution in [0.4, 0.5) is 0 Å². The zero-order chi connectivity index (χ0) is 14.1. The lowest BCUT2D eigenvalue weighted by Crippen LogP contribution is -2.49. The molecular weight excluding hydrogens is 276 g/mol. The zero-order valence-corrected chi connectivity index (χ0v) is 12.1. The molecule has 6 heteroatoms. The van der Waals surface area contributed by atoms with Crippen LogP contribution in [0.15, 0.2) is 6.07 Å². The highest BCUT2D eigenvalue weighted by molar-refractivity contribution is 7.14. The van der Waals surface area contributed by atoms with Gasteiger partial charge in [-0.05, 0) is 30.9 Å². The highest BCUT2D eigenvalue weighted by Gasteiger charge is 2.26. The zero-order valence-electron chi connectivity index (χ0n) is 11.3. The summed E-state index contributed by atoms with van der Waals surface area (Å²) in [5.74, 6) is -0.696. The monoisotopic (exact) mass is 294 g/mol. The summed E-state index contributed by atoms with van der Waals surface area (Å²) in [5.41, 5.74) is 1.35. The van der Waals surface area contributed by atoms with Crippen molar-refractivity contribution in [2.75, 3.05) is 32.7 Å². The molecule has 5 nitrogen and oxygen atoms in total. The van der Waals surface area contributed by atoms with Crippen LogP contribution in [-0.4, -0.2) is 59.5 Å². The van der Waals surface area contributed by atoms with Gasteiger partial charge in [-0.1, -0.05) is 0 Å². The van der Waals surface area contributed by atoms with Gasteiger partial charge >= 0.3 is 5.97 Å². The Hall–Kier alpha value is -1.40. The van der Waals surface area contributed by atoms with E-state index in [2.05, 4.69) is 6.07 Å². The number of amides is 1. The van der Waals surface area contributed by atoms with Gasteiger partial charge in [0.1, 0.15) is 0 Å². The predicted molar refractivity (Wildman–Crippen MR) is 76.3 cm³/mol. The van der Waals surface area contributed by atoms with Crippen molar-refractivity contribution in [3.05, 3.63) is 21.4 Å². The number of hydrogen-bond donors (Lipinski definition) is 1. The van der Waals surface area contributed by atoms with E-state index < -0.39 is 5.97 Å². The minimum atomic E-state index is -0.806. The fourth-order valence-electron chi connectivity index (χ4n) is 2.89. The van der Waals surface area contributed by atoms with E-state index in [1.165, 1.54) is 16.9 Å². The van der Waals surface area contributed by atoms with Crippen LogP contribution in [0.3, 0.4) is 0 Å². The normalized spacial score (nSPS) is 19.1. The summed E-state index contributed by atoms with van der Waals surface area (Å²) in [4.78, 5) is 29.0. The molecule has 0 unspecified atom stereocenters. The molecule has 0 aromatic carbocycles. The van der Waals surface area contributed by atoms with E-state index in [-0.39, 0.29) is 12.5 Å². The fourth-order valence-corrected chi connectivity index (χ4v) is 4.11. The number of carbonyl (C=O) groups excluding carboxylic acids is 1. The second-order valence-corrected chi connectivity index (χ2v) is 6.51. The molecule has 0 spiro atoms. The molecule has 1 fully saturated rings. The minimum absolute atomic E-state index is 0.0648. The standard InChI is InChI=1S/C14H18N2O3S/c17-13(18)9-15-4-6-16(7-5-15)14(19)12-8-10-2-1-3-11(10)20-12/h8H,1-7,9H2,(H,17,18). The van der Waals surface area contributed by atoms with Crippen molar-refractivity contribution < 1.29 is 14.7 Å². The molecule has 0 saturated carbocycles. The Labute approximate surface area is 121 Å². The molecule has 1 aromatic rings. The number of fused-ring (bicyclic) bond motifs is 1. The summed E-state index contributed by atoms with van der Waals surface area (Å²) in [7, 11) is 0. The summed E-state index contributed by atoms with van der Waals surface area (Å²) in [6.45, 7) is 2.59. The van der Waals surface area contributed by atoms with Gasteiger partial charge in [0.2, 0.25) is 0 Å². The first-order chi connectivity index (χ1) is 9.63. The number of thiophene rings is 1. The molecule has 2 aliphatic rings.